The van der Waals surface area contributed by atoms with E-state index < -0.39 is 0 Å². The zero-order valence-electron chi connectivity index (χ0n) is 8.97. The van der Waals surface area contributed by atoms with Crippen LogP contribution in [0.5, 0.6) is 5.75 Å². The van der Waals surface area contributed by atoms with E-state index in [1.807, 2.05) is 0 Å². The molecule has 0 spiro atoms. The minimum absolute atomic E-state index is 1.08. The van der Waals surface area contributed by atoms with Crippen molar-refractivity contribution in [3.63, 3.8) is 0 Å². The number of hydrogen-bond acceptors (Lipinski definition) is 1. The van der Waals surface area contributed by atoms with Crippen LogP contribution in [0.1, 0.15) is 37.3 Å². The Bertz CT molecular complexity index is 284. The predicted molar refractivity (Wildman–Crippen MR) is 60.8 cm³/mol. The van der Waals surface area contributed by atoms with E-state index in [0.717, 1.165) is 35.1 Å². The molecule has 0 aliphatic carbocycles. The summed E-state index contributed by atoms with van der Waals surface area (Å²) in [6.45, 7) is 4.40. The molecule has 0 N–H and O–H groups in total. The van der Waals surface area contributed by atoms with E-state index in [9.17, 15) is 0 Å². The summed E-state index contributed by atoms with van der Waals surface area (Å²) in [6.07, 6.45) is 5.02. The van der Waals surface area contributed by atoms with E-state index in [0.29, 0.717) is 0 Å². The van der Waals surface area contributed by atoms with Crippen LogP contribution in [0, 0.1) is 6.92 Å². The zero-order valence-corrected chi connectivity index (χ0v) is 11.8. The van der Waals surface area contributed by atoms with E-state index in [1.54, 1.807) is 0 Å². The third kappa shape index (κ3) is 3.19. The quantitative estimate of drug-likeness (QED) is 0.599. The van der Waals surface area contributed by atoms with Gasteiger partial charge < -0.3 is 0 Å². The van der Waals surface area contributed by atoms with Gasteiger partial charge in [0.05, 0.1) is 0 Å². The Labute approximate surface area is 100 Å². The van der Waals surface area contributed by atoms with Crippen molar-refractivity contribution in [3.8, 4) is 5.75 Å². The van der Waals surface area contributed by atoms with Crippen molar-refractivity contribution in [2.75, 3.05) is 0 Å². The maximum absolute atomic E-state index is 5.45. The van der Waals surface area contributed by atoms with Gasteiger partial charge in [-0.15, -0.1) is 0 Å². The maximum atomic E-state index is 5.45. The molecular weight excluding hydrogens is 279 g/mol. The molecule has 0 atom stereocenters. The van der Waals surface area contributed by atoms with Gasteiger partial charge in [-0.2, -0.15) is 0 Å². The minimum atomic E-state index is 1.08. The van der Waals surface area contributed by atoms with Crippen molar-refractivity contribution in [2.45, 2.75) is 39.5 Å². The molecule has 75 valence electrons. The molecule has 0 unspecified atom stereocenters. The van der Waals surface area contributed by atoms with Crippen molar-refractivity contribution < 1.29 is 3.07 Å². The first-order valence-electron chi connectivity index (χ1n) is 5.21. The SMILES string of the molecule is CCCCCc1c(C)cccc1[O][Sn]. The number of hydrogen-bond donors (Lipinski definition) is 0. The fourth-order valence-corrected chi connectivity index (χ4v) is 2.19. The summed E-state index contributed by atoms with van der Waals surface area (Å²) < 4.78 is 5.45. The summed E-state index contributed by atoms with van der Waals surface area (Å²) >= 11 is 1.12. The summed E-state index contributed by atoms with van der Waals surface area (Å²) in [4.78, 5) is 0. The van der Waals surface area contributed by atoms with Crippen LogP contribution in [-0.4, -0.2) is 22.9 Å². The zero-order chi connectivity index (χ0) is 10.4. The van der Waals surface area contributed by atoms with Crippen molar-refractivity contribution in [3.05, 3.63) is 29.3 Å². The van der Waals surface area contributed by atoms with Gasteiger partial charge in [0.15, 0.2) is 0 Å². The molecule has 1 aromatic carbocycles. The van der Waals surface area contributed by atoms with Crippen LogP contribution in [-0.2, 0) is 6.42 Å². The average molecular weight is 296 g/mol. The molecule has 0 saturated carbocycles. The van der Waals surface area contributed by atoms with Gasteiger partial charge in [0.2, 0.25) is 0 Å². The van der Waals surface area contributed by atoms with E-state index in [-0.39, 0.29) is 0 Å². The summed E-state index contributed by atoms with van der Waals surface area (Å²) in [5, 5.41) is 0. The summed E-state index contributed by atoms with van der Waals surface area (Å²) in [6, 6.07) is 6.31. The second-order valence-corrected chi connectivity index (χ2v) is 4.19. The summed E-state index contributed by atoms with van der Waals surface area (Å²) in [7, 11) is 0. The second-order valence-electron chi connectivity index (χ2n) is 3.61. The molecule has 0 fully saturated rings. The Balaban J connectivity index is 2.72. The van der Waals surface area contributed by atoms with Crippen LogP contribution >= 0.6 is 0 Å². The molecule has 0 amide bonds. The van der Waals surface area contributed by atoms with E-state index in [1.165, 1.54) is 30.4 Å². The van der Waals surface area contributed by atoms with Gasteiger partial charge in [-0.25, -0.2) is 0 Å². The Kier molecular flexibility index (Phi) is 5.38. The standard InChI is InChI=1S/C12H18O.Sn/c1-3-4-5-8-11-10(2)7-6-9-12(11)13;/h6-7,9,13H,3-5,8H2,1-2H3;/q;+1/p-1. The third-order valence-corrected chi connectivity index (χ3v) is 3.14. The number of unbranched alkanes of at least 4 members (excludes halogenated alkanes) is 2. The van der Waals surface area contributed by atoms with E-state index >= 15 is 0 Å². The first kappa shape index (κ1) is 11.9. The summed E-state index contributed by atoms with van der Waals surface area (Å²) in [5.74, 6) is 1.08. The van der Waals surface area contributed by atoms with Crippen molar-refractivity contribution in [1.82, 2.24) is 0 Å². The Morgan fingerprint density at radius 2 is 2.07 bits per heavy atom. The predicted octanol–water partition coefficient (Wildman–Crippen LogP) is 3.19. The van der Waals surface area contributed by atoms with Gasteiger partial charge in [-0.3, -0.25) is 0 Å². The molecule has 2 heteroatoms. The fourth-order valence-electron chi connectivity index (χ4n) is 1.64. The Morgan fingerprint density at radius 1 is 1.29 bits per heavy atom. The number of benzene rings is 1. The molecule has 0 aliphatic heterocycles. The van der Waals surface area contributed by atoms with Gasteiger partial charge in [-0.1, -0.05) is 0 Å². The first-order valence-corrected chi connectivity index (χ1v) is 6.38. The summed E-state index contributed by atoms with van der Waals surface area (Å²) in [5.41, 5.74) is 2.76. The molecule has 0 heterocycles. The molecular formula is C12H17OSn. The van der Waals surface area contributed by atoms with Crippen LogP contribution < -0.4 is 3.07 Å². The molecule has 1 rings (SSSR count). The number of rotatable bonds is 5. The van der Waals surface area contributed by atoms with Crippen LogP contribution in [0.15, 0.2) is 18.2 Å². The van der Waals surface area contributed by atoms with Crippen molar-refractivity contribution in [1.29, 1.82) is 0 Å². The first-order chi connectivity index (χ1) is 6.79. The van der Waals surface area contributed by atoms with Crippen molar-refractivity contribution >= 4 is 22.9 Å². The van der Waals surface area contributed by atoms with Crippen LogP contribution in [0.2, 0.25) is 0 Å². The second kappa shape index (κ2) is 6.33. The van der Waals surface area contributed by atoms with Crippen molar-refractivity contribution in [2.24, 2.45) is 0 Å². The van der Waals surface area contributed by atoms with Gasteiger partial charge in [-0.05, 0) is 0 Å². The normalized spacial score (nSPS) is 10.2. The average Bonchev–Trinajstić information content (AvgIpc) is 2.20. The Hall–Kier alpha value is -0.181. The Morgan fingerprint density at radius 3 is 2.71 bits per heavy atom. The topological polar surface area (TPSA) is 9.23 Å². The van der Waals surface area contributed by atoms with E-state index in [2.05, 4.69) is 32.0 Å². The van der Waals surface area contributed by atoms with Gasteiger partial charge in [0.25, 0.3) is 0 Å². The molecule has 0 aliphatic rings. The molecule has 3 radical (unpaired) electrons. The van der Waals surface area contributed by atoms with Crippen LogP contribution in [0.3, 0.4) is 0 Å². The van der Waals surface area contributed by atoms with E-state index in [4.69, 9.17) is 3.07 Å². The molecule has 14 heavy (non-hydrogen) atoms. The van der Waals surface area contributed by atoms with Gasteiger partial charge in [0, 0.05) is 0 Å². The molecule has 1 nitrogen and oxygen atoms in total. The molecule has 1 aromatic rings. The fraction of sp³-hybridized carbons (Fsp3) is 0.500. The third-order valence-electron chi connectivity index (χ3n) is 2.51. The number of aryl methyl sites for hydroxylation is 1. The van der Waals surface area contributed by atoms with Crippen LogP contribution in [0.4, 0.5) is 0 Å². The van der Waals surface area contributed by atoms with Crippen LogP contribution in [0.25, 0.3) is 0 Å². The van der Waals surface area contributed by atoms with Gasteiger partial charge >= 0.3 is 101 Å². The van der Waals surface area contributed by atoms with Gasteiger partial charge in [0.1, 0.15) is 0 Å². The molecule has 0 aromatic heterocycles. The molecule has 0 bridgehead atoms. The monoisotopic (exact) mass is 297 g/mol. The molecule has 0 saturated heterocycles.